The summed E-state index contributed by atoms with van der Waals surface area (Å²) < 4.78 is 6.90. The highest BCUT2D eigenvalue weighted by Crippen LogP contribution is 2.49. The second-order valence-corrected chi connectivity index (χ2v) is 7.76. The molecule has 0 N–H and O–H groups in total. The third-order valence-electron chi connectivity index (χ3n) is 6.21. The molecule has 0 aromatic heterocycles. The highest BCUT2D eigenvalue weighted by molar-refractivity contribution is 5.66. The van der Waals surface area contributed by atoms with Crippen LogP contribution in [0.15, 0.2) is 0 Å². The van der Waals surface area contributed by atoms with Gasteiger partial charge in [-0.05, 0) is 32.1 Å². The van der Waals surface area contributed by atoms with E-state index in [1.807, 2.05) is 0 Å². The van der Waals surface area contributed by atoms with Crippen molar-refractivity contribution in [2.75, 3.05) is 20.6 Å². The largest absolute Gasteiger partial charge is 1.00 e. The van der Waals surface area contributed by atoms with Crippen molar-refractivity contribution in [3.8, 4) is 0 Å². The lowest BCUT2D eigenvalue weighted by Crippen LogP contribution is -3.00. The van der Waals surface area contributed by atoms with Crippen LogP contribution in [0, 0.1) is 5.92 Å². The first-order valence-corrected chi connectivity index (χ1v) is 8.93. The SMILES string of the molecule is CCCC[C@@H]1[C@@H](OC(C)=O)CCCC12CCCC[N+]2(C)C.[I-]. The molecule has 0 radical (unpaired) electrons. The van der Waals surface area contributed by atoms with Gasteiger partial charge in [0.25, 0.3) is 0 Å². The number of ether oxygens (including phenoxy) is 1. The Morgan fingerprint density at radius 3 is 2.50 bits per heavy atom. The minimum Gasteiger partial charge on any atom is -1.00 e. The molecule has 4 heteroatoms. The van der Waals surface area contributed by atoms with Crippen molar-refractivity contribution < 1.29 is 38.0 Å². The number of piperidine rings is 1. The van der Waals surface area contributed by atoms with E-state index in [1.165, 1.54) is 57.9 Å². The fourth-order valence-electron chi connectivity index (χ4n) is 5.10. The molecule has 2 rings (SSSR count). The van der Waals surface area contributed by atoms with Gasteiger partial charge in [-0.2, -0.15) is 0 Å². The number of likely N-dealkylation sites (tertiary alicyclic amines) is 1. The summed E-state index contributed by atoms with van der Waals surface area (Å²) in [5, 5.41) is 0. The molecule has 1 unspecified atom stereocenters. The minimum atomic E-state index is -0.0975. The van der Waals surface area contributed by atoms with Crippen LogP contribution in [0.3, 0.4) is 0 Å². The molecule has 0 amide bonds. The van der Waals surface area contributed by atoms with Gasteiger partial charge in [0.1, 0.15) is 11.6 Å². The number of esters is 1. The van der Waals surface area contributed by atoms with Gasteiger partial charge < -0.3 is 33.2 Å². The van der Waals surface area contributed by atoms with Crippen molar-refractivity contribution in [3.63, 3.8) is 0 Å². The second-order valence-electron chi connectivity index (χ2n) is 7.76. The molecule has 3 atom stereocenters. The molecular formula is C18H34INO2. The molecule has 1 saturated carbocycles. The number of quaternary nitrogens is 1. The van der Waals surface area contributed by atoms with Gasteiger partial charge in [0.15, 0.2) is 0 Å². The number of unbranched alkanes of at least 4 members (excludes halogenated alkanes) is 1. The van der Waals surface area contributed by atoms with Crippen molar-refractivity contribution >= 4 is 5.97 Å². The molecule has 1 aliphatic carbocycles. The third kappa shape index (κ3) is 3.97. The van der Waals surface area contributed by atoms with E-state index in [9.17, 15) is 4.79 Å². The molecule has 1 heterocycles. The molecule has 2 fully saturated rings. The van der Waals surface area contributed by atoms with Crippen molar-refractivity contribution in [1.82, 2.24) is 0 Å². The van der Waals surface area contributed by atoms with E-state index in [1.54, 1.807) is 6.92 Å². The first-order valence-electron chi connectivity index (χ1n) is 8.93. The summed E-state index contributed by atoms with van der Waals surface area (Å²) in [7, 11) is 4.82. The van der Waals surface area contributed by atoms with E-state index in [-0.39, 0.29) is 36.0 Å². The quantitative estimate of drug-likeness (QED) is 0.382. The maximum atomic E-state index is 11.5. The van der Waals surface area contributed by atoms with Crippen LogP contribution in [0.5, 0.6) is 0 Å². The molecule has 2 aliphatic rings. The van der Waals surface area contributed by atoms with Crippen LogP contribution >= 0.6 is 0 Å². The van der Waals surface area contributed by atoms with Crippen LogP contribution in [-0.4, -0.2) is 42.7 Å². The van der Waals surface area contributed by atoms with Gasteiger partial charge in [0, 0.05) is 19.8 Å². The molecule has 1 aliphatic heterocycles. The number of carbonyl (C=O) groups is 1. The Labute approximate surface area is 153 Å². The number of nitrogens with zero attached hydrogens (tertiary/aromatic N) is 1. The van der Waals surface area contributed by atoms with E-state index >= 15 is 0 Å². The standard InChI is InChI=1S/C18H34NO2.HI/c1-5-6-10-16-17(21-15(2)20)11-9-13-18(16)12-7-8-14-19(18,3)4;/h16-17H,5-14H2,1-4H3;1H/q+1;/p-1/t16-,17+,18?;/m1./s1. The summed E-state index contributed by atoms with van der Waals surface area (Å²) in [6, 6.07) is 0. The third-order valence-corrected chi connectivity index (χ3v) is 6.21. The van der Waals surface area contributed by atoms with Gasteiger partial charge in [0.05, 0.1) is 26.6 Å². The van der Waals surface area contributed by atoms with Crippen LogP contribution in [0.2, 0.25) is 0 Å². The Bertz CT molecular complexity index is 368. The second kappa shape index (κ2) is 8.32. The summed E-state index contributed by atoms with van der Waals surface area (Å²) in [5.41, 5.74) is 0.339. The first-order chi connectivity index (χ1) is 9.93. The minimum absolute atomic E-state index is 0. The van der Waals surface area contributed by atoms with Crippen LogP contribution in [0.25, 0.3) is 0 Å². The molecule has 1 saturated heterocycles. The van der Waals surface area contributed by atoms with Crippen LogP contribution in [0.1, 0.15) is 71.6 Å². The highest BCUT2D eigenvalue weighted by atomic mass is 127. The van der Waals surface area contributed by atoms with Gasteiger partial charge in [-0.1, -0.05) is 19.8 Å². The van der Waals surface area contributed by atoms with Crippen LogP contribution < -0.4 is 24.0 Å². The number of halogens is 1. The first kappa shape index (κ1) is 20.2. The van der Waals surface area contributed by atoms with Crippen molar-refractivity contribution in [1.29, 1.82) is 0 Å². The lowest BCUT2D eigenvalue weighted by atomic mass is 9.63. The van der Waals surface area contributed by atoms with Crippen molar-refractivity contribution in [3.05, 3.63) is 0 Å². The zero-order chi connectivity index (χ0) is 15.5. The number of carbonyl (C=O) groups excluding carboxylic acids is 1. The van der Waals surface area contributed by atoms with Gasteiger partial charge in [-0.15, -0.1) is 0 Å². The predicted octanol–water partition coefficient (Wildman–Crippen LogP) is 0.912. The molecule has 22 heavy (non-hydrogen) atoms. The Morgan fingerprint density at radius 2 is 1.91 bits per heavy atom. The zero-order valence-electron chi connectivity index (χ0n) is 14.9. The predicted molar refractivity (Wildman–Crippen MR) is 86.0 cm³/mol. The fourth-order valence-corrected chi connectivity index (χ4v) is 5.10. The Kier molecular flexibility index (Phi) is 7.64. The molecule has 3 nitrogen and oxygen atoms in total. The Balaban J connectivity index is 0.00000242. The normalized spacial score (nSPS) is 34.0. The number of hydrogen-bond acceptors (Lipinski definition) is 2. The number of rotatable bonds is 4. The topological polar surface area (TPSA) is 26.3 Å². The fraction of sp³-hybridized carbons (Fsp3) is 0.944. The molecule has 1 spiro atoms. The van der Waals surface area contributed by atoms with Crippen molar-refractivity contribution in [2.45, 2.75) is 83.3 Å². The van der Waals surface area contributed by atoms with Gasteiger partial charge in [-0.25, -0.2) is 0 Å². The smallest absolute Gasteiger partial charge is 0.302 e. The Hall–Kier alpha value is 0.160. The summed E-state index contributed by atoms with van der Waals surface area (Å²) in [5.74, 6) is 0.449. The molecular weight excluding hydrogens is 389 g/mol. The van der Waals surface area contributed by atoms with E-state index < -0.39 is 0 Å². The Morgan fingerprint density at radius 1 is 1.23 bits per heavy atom. The van der Waals surface area contributed by atoms with E-state index in [4.69, 9.17) is 4.74 Å². The summed E-state index contributed by atoms with van der Waals surface area (Å²) >= 11 is 0. The maximum Gasteiger partial charge on any atom is 0.302 e. The molecule has 0 aromatic carbocycles. The van der Waals surface area contributed by atoms with Crippen LogP contribution in [-0.2, 0) is 9.53 Å². The lowest BCUT2D eigenvalue weighted by Gasteiger charge is -2.58. The monoisotopic (exact) mass is 423 g/mol. The average molecular weight is 423 g/mol. The summed E-state index contributed by atoms with van der Waals surface area (Å²) in [6.45, 7) is 5.10. The van der Waals surface area contributed by atoms with E-state index in [0.29, 0.717) is 11.5 Å². The number of hydrogen-bond donors (Lipinski definition) is 0. The summed E-state index contributed by atoms with van der Waals surface area (Å²) in [6.07, 6.45) is 11.4. The van der Waals surface area contributed by atoms with Crippen LogP contribution in [0.4, 0.5) is 0 Å². The lowest BCUT2D eigenvalue weighted by molar-refractivity contribution is -0.954. The molecule has 0 aromatic rings. The van der Waals surface area contributed by atoms with Gasteiger partial charge in [-0.3, -0.25) is 4.79 Å². The van der Waals surface area contributed by atoms with Gasteiger partial charge in [0.2, 0.25) is 0 Å². The summed E-state index contributed by atoms with van der Waals surface area (Å²) in [4.78, 5) is 11.5. The van der Waals surface area contributed by atoms with E-state index in [2.05, 4.69) is 21.0 Å². The maximum absolute atomic E-state index is 11.5. The van der Waals surface area contributed by atoms with Gasteiger partial charge >= 0.3 is 5.97 Å². The van der Waals surface area contributed by atoms with E-state index in [0.717, 1.165) is 10.9 Å². The van der Waals surface area contributed by atoms with Crippen molar-refractivity contribution in [2.24, 2.45) is 5.92 Å². The molecule has 0 bridgehead atoms. The highest BCUT2D eigenvalue weighted by Gasteiger charge is 2.56. The molecule has 130 valence electrons. The average Bonchev–Trinajstić information content (AvgIpc) is 2.41. The zero-order valence-corrected chi connectivity index (χ0v) is 17.0.